The average molecular weight is 2060 g/mol. The van der Waals surface area contributed by atoms with Crippen LogP contribution in [0.5, 0.6) is 0 Å². The SMILES string of the molecule is C=CC(=O)N1CCN(c2c(C#N)c(=O)n(-c3c(C)ccnc3C(C)C)c3nc(-c4c(N)c(Cl)c(Cl)c(F)c4F)c(Cl)cc23)C[C@H]1C.C=CC(=O)N1CCN(c2c(C#N)c(=O)n(-c3c(C)ccnc3C(C)C)c3nc(-c4c(N)c(Cl)c(Cl)c(F)c4F)c(Cl)cc23)C[C@H]1C.C=CC(=O)N1CCN(c2c(C#N)c(=O)n(-c3c(C)ccnc3C(C)C)c3nc(-c4c(N)c(F)c(Cl)c(Cl)c4F)c(Cl)cc23)C[C@H]1C. The number of hydrogen-bond donors (Lipinski definition) is 3. The second kappa shape index (κ2) is 40.8. The maximum atomic E-state index is 15.6. The van der Waals surface area contributed by atoms with Gasteiger partial charge < -0.3 is 46.6 Å². The van der Waals surface area contributed by atoms with Gasteiger partial charge in [-0.05, 0) is 131 Å². The molecule has 6 N–H and O–H groups in total. The van der Waals surface area contributed by atoms with Crippen molar-refractivity contribution in [3.8, 4) is 69.0 Å². The molecule has 714 valence electrons. The maximum Gasteiger partial charge on any atom is 0.276 e. The van der Waals surface area contributed by atoms with Crippen LogP contribution in [0.15, 0.2) is 107 Å². The van der Waals surface area contributed by atoms with Gasteiger partial charge in [0.2, 0.25) is 17.7 Å². The average Bonchev–Trinajstić information content (AvgIpc) is 0.726. The van der Waals surface area contributed by atoms with E-state index in [2.05, 4.69) is 67.8 Å². The minimum atomic E-state index is -1.45. The first-order chi connectivity index (χ1) is 65.2. The number of halogens is 15. The number of pyridine rings is 9. The van der Waals surface area contributed by atoms with E-state index in [1.807, 2.05) is 77.0 Å². The lowest BCUT2D eigenvalue weighted by atomic mass is 10.0. The van der Waals surface area contributed by atoms with Crippen LogP contribution in [-0.4, -0.2) is 153 Å². The van der Waals surface area contributed by atoms with E-state index in [1.54, 1.807) is 72.3 Å². The molecule has 3 amide bonds. The number of nitriles is 3. The highest BCUT2D eigenvalue weighted by atomic mass is 35.5. The van der Waals surface area contributed by atoms with Gasteiger partial charge in [0.25, 0.3) is 16.7 Å². The van der Waals surface area contributed by atoms with E-state index in [0.29, 0.717) is 50.8 Å². The molecule has 0 radical (unpaired) electrons. The van der Waals surface area contributed by atoms with Crippen molar-refractivity contribution >= 4 is 189 Å². The van der Waals surface area contributed by atoms with Gasteiger partial charge in [0.1, 0.15) is 66.9 Å². The highest BCUT2D eigenvalue weighted by Crippen LogP contribution is 2.50. The van der Waals surface area contributed by atoms with Gasteiger partial charge in [-0.1, -0.05) is 166 Å². The number of aryl methyl sites for hydroxylation is 3. The highest BCUT2D eigenvalue weighted by Gasteiger charge is 2.40. The summed E-state index contributed by atoms with van der Waals surface area (Å²) in [6, 6.07) is 14.7. The summed E-state index contributed by atoms with van der Waals surface area (Å²) in [6.45, 7) is 35.3. The Bertz CT molecular complexity index is 6790. The standard InChI is InChI=1S/3C32H28Cl3F2N7O2/c2*1-6-20(45)43-10-9-42(13-16(43)5)30-17-11-19(33)28(21-24(36)25(37)22(34)23(35)26(21)39)41-31(17)44(32(46)18(30)12-38)29-15(4)7-8-40-27(29)14(2)3;1-6-20(45)43-10-9-42(13-16(43)5)30-17-11-19(33)28(21-24(36)22(34)23(35)25(37)26(21)39)41-31(17)44(32(46)18(30)12-38)29-15(4)7-8-40-27(29)14(2)3/h3*6-8,11,14,16H,1,9-10,13,39H2,2-5H3/t3*16-/m111/s1. The van der Waals surface area contributed by atoms with Crippen molar-refractivity contribution in [2.24, 2.45) is 0 Å². The number of rotatable bonds is 15. The Morgan fingerprint density at radius 2 is 0.652 bits per heavy atom. The molecule has 9 aromatic heterocycles. The molecule has 3 atom stereocenters. The number of piperazine rings is 3. The molecule has 12 heterocycles. The van der Waals surface area contributed by atoms with Gasteiger partial charge in [-0.25, -0.2) is 41.3 Å². The van der Waals surface area contributed by atoms with Crippen LogP contribution in [0.25, 0.3) is 83.9 Å². The van der Waals surface area contributed by atoms with Crippen molar-refractivity contribution < 1.29 is 40.7 Å². The third kappa shape index (κ3) is 18.0. The number of nitrogens with two attached hydrogens (primary N) is 3. The van der Waals surface area contributed by atoms with Gasteiger partial charge in [-0.3, -0.25) is 57.4 Å². The van der Waals surface area contributed by atoms with E-state index in [1.165, 1.54) is 50.1 Å². The van der Waals surface area contributed by atoms with Crippen LogP contribution in [-0.2, 0) is 14.4 Å². The maximum absolute atomic E-state index is 15.6. The third-order valence-corrected chi connectivity index (χ3v) is 27.5. The molecule has 0 unspecified atom stereocenters. The van der Waals surface area contributed by atoms with Crippen molar-refractivity contribution in [1.29, 1.82) is 15.8 Å². The Balaban J connectivity index is 0.000000175. The summed E-state index contributed by atoms with van der Waals surface area (Å²) in [5, 5.41) is 28.0. The van der Waals surface area contributed by atoms with E-state index in [9.17, 15) is 53.3 Å². The summed E-state index contributed by atoms with van der Waals surface area (Å²) >= 11 is 56.2. The van der Waals surface area contributed by atoms with Crippen LogP contribution in [0.4, 0.5) is 60.5 Å². The monoisotopic (exact) mass is 2060 g/mol. The number of nitrogen functional groups attached to an aromatic ring is 3. The van der Waals surface area contributed by atoms with Crippen LogP contribution >= 0.6 is 104 Å². The number of fused-ring (bicyclic) bond motifs is 3. The number of benzene rings is 3. The molecule has 138 heavy (non-hydrogen) atoms. The molecule has 0 saturated carbocycles. The summed E-state index contributed by atoms with van der Waals surface area (Å²) in [6.07, 6.45) is 8.51. The number of aromatic nitrogens is 9. The lowest BCUT2D eigenvalue weighted by Crippen LogP contribution is -2.54. The molecular weight excluding hydrogens is 1980 g/mol. The van der Waals surface area contributed by atoms with E-state index in [0.717, 1.165) is 0 Å². The lowest BCUT2D eigenvalue weighted by molar-refractivity contribution is -0.129. The predicted octanol–water partition coefficient (Wildman–Crippen LogP) is 20.4. The summed E-state index contributed by atoms with van der Waals surface area (Å²) in [5.74, 6) is -9.30. The minimum absolute atomic E-state index is 0.0149. The number of amides is 3. The van der Waals surface area contributed by atoms with Gasteiger partial charge in [0.15, 0.2) is 34.9 Å². The molecule has 27 nitrogen and oxygen atoms in total. The van der Waals surface area contributed by atoms with Crippen LogP contribution in [0.1, 0.15) is 131 Å². The van der Waals surface area contributed by atoms with Crippen LogP contribution < -0.4 is 48.6 Å². The van der Waals surface area contributed by atoms with Gasteiger partial charge in [-0.2, -0.15) is 15.8 Å². The van der Waals surface area contributed by atoms with Gasteiger partial charge in [-0.15, -0.1) is 0 Å². The normalized spacial score (nSPS) is 15.0. The number of carbonyl (C=O) groups excluding carboxylic acids is 3. The fourth-order valence-electron chi connectivity index (χ4n) is 17.6. The Labute approximate surface area is 831 Å². The second-order valence-electron chi connectivity index (χ2n) is 33.8. The molecular formula is C96H84Cl9F6N21O6. The zero-order valence-electron chi connectivity index (χ0n) is 75.8. The van der Waals surface area contributed by atoms with Gasteiger partial charge in [0.05, 0.1) is 132 Å². The first-order valence-electron chi connectivity index (χ1n) is 42.6. The molecule has 42 heteroatoms. The summed E-state index contributed by atoms with van der Waals surface area (Å²) in [7, 11) is 0. The number of nitrogens with zero attached hydrogens (tertiary/aromatic N) is 18. The van der Waals surface area contributed by atoms with Crippen molar-refractivity contribution in [3.63, 3.8) is 0 Å². The zero-order valence-corrected chi connectivity index (χ0v) is 82.6. The molecule has 0 spiro atoms. The molecule has 0 bridgehead atoms. The van der Waals surface area contributed by atoms with Crippen molar-refractivity contribution in [3.05, 3.63) is 255 Å². The van der Waals surface area contributed by atoms with Gasteiger partial charge >= 0.3 is 0 Å². The van der Waals surface area contributed by atoms with E-state index < -0.39 is 115 Å². The van der Waals surface area contributed by atoms with Crippen molar-refractivity contribution in [2.75, 3.05) is 90.8 Å². The first-order valence-corrected chi connectivity index (χ1v) is 46.0. The van der Waals surface area contributed by atoms with Crippen LogP contribution in [0.2, 0.25) is 45.2 Å². The van der Waals surface area contributed by atoms with E-state index in [4.69, 9.17) is 122 Å². The second-order valence-corrected chi connectivity index (χ2v) is 37.3. The zero-order chi connectivity index (χ0) is 101. The largest absolute Gasteiger partial charge is 0.397 e. The number of carbonyl (C=O) groups is 3. The minimum Gasteiger partial charge on any atom is -0.397 e. The summed E-state index contributed by atoms with van der Waals surface area (Å²) < 4.78 is 95.1. The molecule has 3 aliphatic heterocycles. The third-order valence-electron chi connectivity index (χ3n) is 24.2. The van der Waals surface area contributed by atoms with Crippen LogP contribution in [0, 0.1) is 89.7 Å². The smallest absolute Gasteiger partial charge is 0.276 e. The van der Waals surface area contributed by atoms with Crippen LogP contribution in [0.3, 0.4) is 0 Å². The quantitative estimate of drug-likeness (QED) is 0.0282. The number of anilines is 6. The molecule has 3 saturated heterocycles. The molecule has 3 aliphatic rings. The Morgan fingerprint density at radius 1 is 0.399 bits per heavy atom. The topological polar surface area (TPSA) is 363 Å². The van der Waals surface area contributed by atoms with Crippen molar-refractivity contribution in [2.45, 2.75) is 119 Å². The molecule has 3 fully saturated rings. The Morgan fingerprint density at radius 3 is 0.899 bits per heavy atom. The van der Waals surface area contributed by atoms with E-state index >= 15 is 17.6 Å². The number of hydrogen-bond acceptors (Lipinski definition) is 21. The Hall–Kier alpha value is -12.7. The van der Waals surface area contributed by atoms with E-state index in [-0.39, 0.29) is 212 Å². The summed E-state index contributed by atoms with van der Waals surface area (Å²) in [5.41, 5.74) is 16.9. The highest BCUT2D eigenvalue weighted by molar-refractivity contribution is 6.46. The van der Waals surface area contributed by atoms with Crippen molar-refractivity contribution in [1.82, 2.24) is 58.3 Å². The molecule has 0 aliphatic carbocycles. The van der Waals surface area contributed by atoms with Gasteiger partial charge in [0, 0.05) is 112 Å². The molecule has 15 rings (SSSR count). The fourth-order valence-corrected chi connectivity index (χ4v) is 19.4. The molecule has 3 aromatic carbocycles. The molecule has 12 aromatic rings. The summed E-state index contributed by atoms with van der Waals surface area (Å²) in [4.78, 5) is 119. The first kappa shape index (κ1) is 103. The lowest BCUT2D eigenvalue weighted by Gasteiger charge is -2.41. The Kier molecular flexibility index (Phi) is 30.3. The fraction of sp³-hybridized carbons (Fsp3) is 0.281. The predicted molar refractivity (Wildman–Crippen MR) is 531 cm³/mol.